The van der Waals surface area contributed by atoms with E-state index in [9.17, 15) is 4.79 Å². The lowest BCUT2D eigenvalue weighted by molar-refractivity contribution is -0.127. The van der Waals surface area contributed by atoms with Crippen molar-refractivity contribution in [3.8, 4) is 11.5 Å². The van der Waals surface area contributed by atoms with Crippen LogP contribution in [0.4, 0.5) is 0 Å². The highest BCUT2D eigenvalue weighted by molar-refractivity contribution is 5.83. The van der Waals surface area contributed by atoms with Gasteiger partial charge in [0.2, 0.25) is 0 Å². The van der Waals surface area contributed by atoms with Crippen LogP contribution in [-0.4, -0.2) is 19.1 Å². The minimum atomic E-state index is -0.575. The van der Waals surface area contributed by atoms with Crippen molar-refractivity contribution in [3.63, 3.8) is 0 Å². The molecule has 0 aliphatic heterocycles. The van der Waals surface area contributed by atoms with E-state index in [1.54, 1.807) is 38.3 Å². The molecule has 25 heavy (non-hydrogen) atoms. The molecule has 0 aromatic heterocycles. The Kier molecular flexibility index (Phi) is 5.19. The van der Waals surface area contributed by atoms with Crippen LogP contribution in [0.1, 0.15) is 12.5 Å². The van der Waals surface area contributed by atoms with Gasteiger partial charge < -0.3 is 14.8 Å². The minimum absolute atomic E-state index is 0.149. The van der Waals surface area contributed by atoms with Crippen molar-refractivity contribution in [1.82, 2.24) is 5.32 Å². The second-order valence-electron chi connectivity index (χ2n) is 5.83. The Hall–Kier alpha value is -3.01. The molecule has 0 aliphatic carbocycles. The van der Waals surface area contributed by atoms with Crippen LogP contribution in [0.3, 0.4) is 0 Å². The molecule has 128 valence electrons. The molecule has 0 unspecified atom stereocenters. The second kappa shape index (κ2) is 7.71. The fourth-order valence-corrected chi connectivity index (χ4v) is 2.59. The number of carbonyl (C=O) groups excluding carboxylic acids is 1. The summed E-state index contributed by atoms with van der Waals surface area (Å²) in [6.07, 6.45) is -0.575. The van der Waals surface area contributed by atoms with Crippen molar-refractivity contribution in [2.45, 2.75) is 19.6 Å². The van der Waals surface area contributed by atoms with Gasteiger partial charge in [-0.1, -0.05) is 36.4 Å². The van der Waals surface area contributed by atoms with Crippen LogP contribution in [0.25, 0.3) is 10.8 Å². The van der Waals surface area contributed by atoms with Crippen LogP contribution in [0, 0.1) is 0 Å². The molecule has 0 fully saturated rings. The first-order valence-electron chi connectivity index (χ1n) is 8.22. The maximum absolute atomic E-state index is 12.2. The lowest BCUT2D eigenvalue weighted by Crippen LogP contribution is -2.35. The fourth-order valence-electron chi connectivity index (χ4n) is 2.59. The summed E-state index contributed by atoms with van der Waals surface area (Å²) in [4.78, 5) is 12.2. The van der Waals surface area contributed by atoms with E-state index in [0.29, 0.717) is 12.3 Å². The summed E-state index contributed by atoms with van der Waals surface area (Å²) in [5.41, 5.74) is 1.06. The van der Waals surface area contributed by atoms with Crippen molar-refractivity contribution >= 4 is 16.7 Å². The number of amides is 1. The normalized spacial score (nSPS) is 11.8. The number of methoxy groups -OCH3 is 1. The lowest BCUT2D eigenvalue weighted by atomic mass is 10.1. The molecule has 0 heterocycles. The van der Waals surface area contributed by atoms with E-state index in [-0.39, 0.29) is 5.91 Å². The predicted molar refractivity (Wildman–Crippen MR) is 98.9 cm³/mol. The topological polar surface area (TPSA) is 47.6 Å². The van der Waals surface area contributed by atoms with E-state index < -0.39 is 6.10 Å². The summed E-state index contributed by atoms with van der Waals surface area (Å²) in [7, 11) is 1.61. The van der Waals surface area contributed by atoms with Crippen molar-refractivity contribution < 1.29 is 14.3 Å². The molecule has 0 aliphatic rings. The molecule has 0 bridgehead atoms. The molecule has 0 saturated heterocycles. The number of ether oxygens (including phenoxy) is 2. The molecule has 1 amide bonds. The van der Waals surface area contributed by atoms with Crippen molar-refractivity contribution in [2.24, 2.45) is 0 Å². The first kappa shape index (κ1) is 16.8. The van der Waals surface area contributed by atoms with E-state index in [0.717, 1.165) is 16.7 Å². The number of fused-ring (bicyclic) bond motifs is 1. The zero-order valence-corrected chi connectivity index (χ0v) is 14.4. The molecule has 0 spiro atoms. The SMILES string of the molecule is COc1ccc(O[C@H](C)C(=O)NCc2ccc3ccccc3c2)cc1. The number of benzene rings is 3. The van der Waals surface area contributed by atoms with Gasteiger partial charge in [-0.25, -0.2) is 0 Å². The van der Waals surface area contributed by atoms with Gasteiger partial charge in [0.25, 0.3) is 5.91 Å². The maximum Gasteiger partial charge on any atom is 0.261 e. The quantitative estimate of drug-likeness (QED) is 0.742. The first-order valence-corrected chi connectivity index (χ1v) is 8.22. The van der Waals surface area contributed by atoms with E-state index in [4.69, 9.17) is 9.47 Å². The van der Waals surface area contributed by atoms with Gasteiger partial charge in [0.1, 0.15) is 11.5 Å². The third-order valence-corrected chi connectivity index (χ3v) is 4.02. The summed E-state index contributed by atoms with van der Waals surface area (Å²) in [6.45, 7) is 2.21. The van der Waals surface area contributed by atoms with Crippen LogP contribution in [0.5, 0.6) is 11.5 Å². The summed E-state index contributed by atoms with van der Waals surface area (Å²) in [5, 5.41) is 5.27. The van der Waals surface area contributed by atoms with Gasteiger partial charge in [-0.05, 0) is 53.6 Å². The Balaban J connectivity index is 1.56. The second-order valence-corrected chi connectivity index (χ2v) is 5.83. The summed E-state index contributed by atoms with van der Waals surface area (Å²) >= 11 is 0. The van der Waals surface area contributed by atoms with Gasteiger partial charge in [0.15, 0.2) is 6.10 Å². The van der Waals surface area contributed by atoms with E-state index in [2.05, 4.69) is 29.6 Å². The monoisotopic (exact) mass is 335 g/mol. The van der Waals surface area contributed by atoms with Crippen molar-refractivity contribution in [3.05, 3.63) is 72.3 Å². The largest absolute Gasteiger partial charge is 0.497 e. The van der Waals surface area contributed by atoms with Crippen LogP contribution < -0.4 is 14.8 Å². The molecule has 3 rings (SSSR count). The highest BCUT2D eigenvalue weighted by Crippen LogP contribution is 2.18. The Morgan fingerprint density at radius 3 is 2.36 bits per heavy atom. The first-order chi connectivity index (χ1) is 12.2. The van der Waals surface area contributed by atoms with E-state index in [1.165, 1.54) is 5.39 Å². The lowest BCUT2D eigenvalue weighted by Gasteiger charge is -2.15. The Labute approximate surface area is 147 Å². The van der Waals surface area contributed by atoms with Crippen molar-refractivity contribution in [1.29, 1.82) is 0 Å². The molecular formula is C21H21NO3. The summed E-state index contributed by atoms with van der Waals surface area (Å²) in [6, 6.07) is 21.5. The number of carbonyl (C=O) groups is 1. The zero-order chi connectivity index (χ0) is 17.6. The molecule has 0 radical (unpaired) electrons. The molecule has 0 saturated carbocycles. The fraction of sp³-hybridized carbons (Fsp3) is 0.190. The van der Waals surface area contributed by atoms with Gasteiger partial charge in [0, 0.05) is 6.54 Å². The Morgan fingerprint density at radius 2 is 1.64 bits per heavy atom. The Bertz CT molecular complexity index is 858. The standard InChI is InChI=1S/C21H21NO3/c1-15(25-20-11-9-19(24-2)10-12-20)21(23)22-14-16-7-8-17-5-3-4-6-18(17)13-16/h3-13,15H,14H2,1-2H3,(H,22,23)/t15-/m1/s1. The molecular weight excluding hydrogens is 314 g/mol. The minimum Gasteiger partial charge on any atom is -0.497 e. The third-order valence-electron chi connectivity index (χ3n) is 4.02. The Morgan fingerprint density at radius 1 is 0.960 bits per heavy atom. The number of hydrogen-bond acceptors (Lipinski definition) is 3. The average Bonchev–Trinajstić information content (AvgIpc) is 2.66. The van der Waals surface area contributed by atoms with Crippen LogP contribution >= 0.6 is 0 Å². The molecule has 1 N–H and O–H groups in total. The van der Waals surface area contributed by atoms with Crippen molar-refractivity contribution in [2.75, 3.05) is 7.11 Å². The summed E-state index contributed by atoms with van der Waals surface area (Å²) in [5.74, 6) is 1.24. The molecule has 1 atom stereocenters. The van der Waals surface area contributed by atoms with Gasteiger partial charge in [-0.15, -0.1) is 0 Å². The van der Waals surface area contributed by atoms with Crippen LogP contribution in [0.2, 0.25) is 0 Å². The molecule has 3 aromatic carbocycles. The number of rotatable bonds is 6. The molecule has 4 heteroatoms. The van der Waals surface area contributed by atoms with Gasteiger partial charge in [-0.2, -0.15) is 0 Å². The average molecular weight is 335 g/mol. The van der Waals surface area contributed by atoms with Crippen LogP contribution in [0.15, 0.2) is 66.7 Å². The van der Waals surface area contributed by atoms with E-state index >= 15 is 0 Å². The number of hydrogen-bond donors (Lipinski definition) is 1. The zero-order valence-electron chi connectivity index (χ0n) is 14.4. The number of nitrogens with one attached hydrogen (secondary N) is 1. The van der Waals surface area contributed by atoms with E-state index in [1.807, 2.05) is 18.2 Å². The predicted octanol–water partition coefficient (Wildman–Crippen LogP) is 3.93. The van der Waals surface area contributed by atoms with Gasteiger partial charge in [-0.3, -0.25) is 4.79 Å². The molecule has 3 aromatic rings. The summed E-state index contributed by atoms with van der Waals surface area (Å²) < 4.78 is 10.8. The van der Waals surface area contributed by atoms with Gasteiger partial charge >= 0.3 is 0 Å². The highest BCUT2D eigenvalue weighted by Gasteiger charge is 2.14. The third kappa shape index (κ3) is 4.29. The van der Waals surface area contributed by atoms with Gasteiger partial charge in [0.05, 0.1) is 7.11 Å². The van der Waals surface area contributed by atoms with Crippen LogP contribution in [-0.2, 0) is 11.3 Å². The smallest absolute Gasteiger partial charge is 0.261 e. The highest BCUT2D eigenvalue weighted by atomic mass is 16.5. The molecule has 4 nitrogen and oxygen atoms in total. The maximum atomic E-state index is 12.2.